The van der Waals surface area contributed by atoms with E-state index in [9.17, 15) is 9.90 Å². The van der Waals surface area contributed by atoms with Gasteiger partial charge < -0.3 is 9.84 Å². The lowest BCUT2D eigenvalue weighted by molar-refractivity contribution is -0.300. The summed E-state index contributed by atoms with van der Waals surface area (Å²) in [4.78, 5) is 12.0. The summed E-state index contributed by atoms with van der Waals surface area (Å²) in [5, 5.41) is 12.0. The first-order valence-corrected chi connectivity index (χ1v) is 5.99. The molecule has 1 aliphatic heterocycles. The van der Waals surface area contributed by atoms with Crippen molar-refractivity contribution in [3.63, 3.8) is 0 Å². The Hall–Kier alpha value is -2.88. The Bertz CT molecular complexity index is 689. The highest BCUT2D eigenvalue weighted by atomic mass is 16.5. The summed E-state index contributed by atoms with van der Waals surface area (Å²) < 4.78 is 9.77. The van der Waals surface area contributed by atoms with Crippen LogP contribution in [0.5, 0.6) is 0 Å². The fraction of sp³-hybridized carbons (Fsp3) is 0. The quantitative estimate of drug-likeness (QED) is 0.607. The van der Waals surface area contributed by atoms with E-state index in [1.54, 1.807) is 36.4 Å². The number of Topliss-reactive ketones (excluding diaryl/α,β-unsaturated/α-hetero) is 1. The van der Waals surface area contributed by atoms with E-state index < -0.39 is 0 Å². The van der Waals surface area contributed by atoms with Gasteiger partial charge in [0.2, 0.25) is 0 Å². The first-order chi connectivity index (χ1) is 9.75. The van der Waals surface area contributed by atoms with Gasteiger partial charge in [0.15, 0.2) is 5.78 Å². The third kappa shape index (κ3) is 2.19. The predicted molar refractivity (Wildman–Crippen MR) is 70.6 cm³/mol. The van der Waals surface area contributed by atoms with Crippen LogP contribution in [0.1, 0.15) is 5.56 Å². The fourth-order valence-corrected chi connectivity index (χ4v) is 1.90. The summed E-state index contributed by atoms with van der Waals surface area (Å²) in [6.07, 6.45) is 12.5. The molecule has 0 fully saturated rings. The van der Waals surface area contributed by atoms with Gasteiger partial charge in [-0.2, -0.15) is 0 Å². The average Bonchev–Trinajstić information content (AvgIpc) is 2.52. The minimum Gasteiger partial charge on any atom is -0.871 e. The van der Waals surface area contributed by atoms with Crippen molar-refractivity contribution in [3.8, 4) is 0 Å². The maximum Gasteiger partial charge on any atom is 0.318 e. The summed E-state index contributed by atoms with van der Waals surface area (Å²) >= 11 is 0. The number of ether oxygens (including phenoxy) is 1. The molecule has 1 aromatic heterocycles. The standard InChI is InChI=1S/C16H10O4/c17-15-13(9-11-1-5-19-6-2-11)16(18)14(15)10-12-3-7-20-8-4-12/h1-10H. The molecule has 1 aliphatic carbocycles. The highest BCUT2D eigenvalue weighted by Gasteiger charge is 2.25. The molecule has 0 radical (unpaired) electrons. The summed E-state index contributed by atoms with van der Waals surface area (Å²) in [6, 6.07) is 3.38. The number of ketones is 1. The SMILES string of the molecule is O=C1C(=Cc2cc[o+]cc2)C([O-])=C1C=C1C=COC=C1. The van der Waals surface area contributed by atoms with Crippen molar-refractivity contribution in [2.45, 2.75) is 0 Å². The molecule has 98 valence electrons. The Labute approximate surface area is 115 Å². The second-order valence-electron chi connectivity index (χ2n) is 4.26. The minimum absolute atomic E-state index is 0.197. The third-order valence-corrected chi connectivity index (χ3v) is 2.96. The number of rotatable bonds is 2. The van der Waals surface area contributed by atoms with E-state index in [1.807, 2.05) is 0 Å². The summed E-state index contributed by atoms with van der Waals surface area (Å²) in [5.74, 6) is -0.479. The van der Waals surface area contributed by atoms with E-state index in [-0.39, 0.29) is 22.7 Å². The topological polar surface area (TPSA) is 60.7 Å². The molecule has 2 aliphatic rings. The first-order valence-electron chi connectivity index (χ1n) is 5.99. The molecule has 3 rings (SSSR count). The Kier molecular flexibility index (Phi) is 3.05. The smallest absolute Gasteiger partial charge is 0.318 e. The molecule has 0 N–H and O–H groups in total. The Morgan fingerprint density at radius 1 is 1.10 bits per heavy atom. The molecule has 0 aromatic carbocycles. The monoisotopic (exact) mass is 266 g/mol. The van der Waals surface area contributed by atoms with Gasteiger partial charge in [0.05, 0.1) is 12.5 Å². The second-order valence-corrected chi connectivity index (χ2v) is 4.26. The third-order valence-electron chi connectivity index (χ3n) is 2.96. The zero-order chi connectivity index (χ0) is 13.9. The zero-order valence-electron chi connectivity index (χ0n) is 10.4. The Balaban J connectivity index is 1.90. The molecule has 4 nitrogen and oxygen atoms in total. The Morgan fingerprint density at radius 3 is 2.45 bits per heavy atom. The normalized spacial score (nSPS) is 19.1. The van der Waals surface area contributed by atoms with Gasteiger partial charge in [-0.05, 0) is 35.4 Å². The molecule has 0 spiro atoms. The molecule has 0 amide bonds. The predicted octanol–water partition coefficient (Wildman–Crippen LogP) is 2.13. The lowest BCUT2D eigenvalue weighted by atomic mass is 9.85. The van der Waals surface area contributed by atoms with E-state index in [2.05, 4.69) is 0 Å². The van der Waals surface area contributed by atoms with Crippen molar-refractivity contribution >= 4 is 11.9 Å². The van der Waals surface area contributed by atoms with E-state index in [0.717, 1.165) is 11.1 Å². The van der Waals surface area contributed by atoms with E-state index in [1.165, 1.54) is 25.1 Å². The number of allylic oxidation sites excluding steroid dienone is 6. The molecule has 0 unspecified atom stereocenters. The molecule has 1 aromatic rings. The van der Waals surface area contributed by atoms with Gasteiger partial charge in [0.25, 0.3) is 0 Å². The maximum absolute atomic E-state index is 12.0. The van der Waals surface area contributed by atoms with Crippen LogP contribution in [-0.2, 0) is 9.53 Å². The maximum atomic E-state index is 12.0. The van der Waals surface area contributed by atoms with Gasteiger partial charge in [0.1, 0.15) is 0 Å². The van der Waals surface area contributed by atoms with Gasteiger partial charge >= 0.3 is 12.5 Å². The van der Waals surface area contributed by atoms with Crippen molar-refractivity contribution in [2.75, 3.05) is 0 Å². The molecule has 20 heavy (non-hydrogen) atoms. The largest absolute Gasteiger partial charge is 0.871 e. The average molecular weight is 266 g/mol. The van der Waals surface area contributed by atoms with Crippen molar-refractivity contribution in [1.82, 2.24) is 0 Å². The van der Waals surface area contributed by atoms with Crippen LogP contribution in [-0.4, -0.2) is 5.78 Å². The van der Waals surface area contributed by atoms with Crippen molar-refractivity contribution < 1.29 is 19.1 Å². The number of carbonyl (C=O) groups is 1. The number of hydrogen-bond acceptors (Lipinski definition) is 3. The lowest BCUT2D eigenvalue weighted by Crippen LogP contribution is -2.29. The van der Waals surface area contributed by atoms with Crippen molar-refractivity contribution in [1.29, 1.82) is 0 Å². The lowest BCUT2D eigenvalue weighted by Gasteiger charge is -2.29. The van der Waals surface area contributed by atoms with Crippen molar-refractivity contribution in [2.24, 2.45) is 0 Å². The Morgan fingerprint density at radius 2 is 1.80 bits per heavy atom. The van der Waals surface area contributed by atoms with E-state index in [4.69, 9.17) is 9.15 Å². The van der Waals surface area contributed by atoms with Gasteiger partial charge in [-0.25, -0.2) is 4.42 Å². The van der Waals surface area contributed by atoms with Crippen LogP contribution in [0.2, 0.25) is 0 Å². The highest BCUT2D eigenvalue weighted by Crippen LogP contribution is 2.30. The molecule has 2 heterocycles. The molecule has 0 atom stereocenters. The van der Waals surface area contributed by atoms with Gasteiger partial charge in [-0.1, -0.05) is 5.76 Å². The van der Waals surface area contributed by atoms with Crippen LogP contribution in [0.4, 0.5) is 0 Å². The number of hydrogen-bond donors (Lipinski definition) is 0. The highest BCUT2D eigenvalue weighted by molar-refractivity contribution is 6.23. The fourth-order valence-electron chi connectivity index (χ4n) is 1.90. The second kappa shape index (κ2) is 5.01. The zero-order valence-corrected chi connectivity index (χ0v) is 10.4. The molecule has 4 heteroatoms. The molecular formula is C16H10O4. The summed E-state index contributed by atoms with van der Waals surface area (Å²) in [7, 11) is 0. The molecule has 0 saturated carbocycles. The number of carbonyl (C=O) groups excluding carboxylic acids is 1. The molecule has 0 bridgehead atoms. The minimum atomic E-state index is -0.239. The van der Waals surface area contributed by atoms with Crippen LogP contribution in [0, 0.1) is 0 Å². The van der Waals surface area contributed by atoms with Crippen LogP contribution < -0.4 is 5.11 Å². The van der Waals surface area contributed by atoms with Crippen LogP contribution >= 0.6 is 0 Å². The van der Waals surface area contributed by atoms with E-state index >= 15 is 0 Å². The van der Waals surface area contributed by atoms with Crippen LogP contribution in [0.15, 0.2) is 82.3 Å². The molecular weight excluding hydrogens is 256 g/mol. The van der Waals surface area contributed by atoms with E-state index in [0.29, 0.717) is 0 Å². The summed E-state index contributed by atoms with van der Waals surface area (Å²) in [6.45, 7) is 0. The van der Waals surface area contributed by atoms with Crippen LogP contribution in [0.3, 0.4) is 0 Å². The van der Waals surface area contributed by atoms with Gasteiger partial charge in [0, 0.05) is 23.3 Å². The van der Waals surface area contributed by atoms with Crippen LogP contribution in [0.25, 0.3) is 6.08 Å². The summed E-state index contributed by atoms with van der Waals surface area (Å²) in [5.41, 5.74) is 1.90. The first kappa shape index (κ1) is 12.2. The van der Waals surface area contributed by atoms with Crippen molar-refractivity contribution in [3.05, 3.63) is 83.5 Å². The van der Waals surface area contributed by atoms with Gasteiger partial charge in [-0.3, -0.25) is 4.79 Å². The molecule has 0 saturated heterocycles. The van der Waals surface area contributed by atoms with Gasteiger partial charge in [-0.15, -0.1) is 0 Å².